The molecular formula is C12H20. The zero-order valence-corrected chi connectivity index (χ0v) is 8.29. The highest BCUT2D eigenvalue weighted by molar-refractivity contribution is 5.04. The minimum atomic E-state index is 0.947. The fraction of sp³-hybridized carbons (Fsp3) is 0.833. The number of rotatable bonds is 2. The van der Waals surface area contributed by atoms with E-state index in [2.05, 4.69) is 26.0 Å². The first-order valence-corrected chi connectivity index (χ1v) is 5.48. The van der Waals surface area contributed by atoms with Crippen molar-refractivity contribution in [3.63, 3.8) is 0 Å². The van der Waals surface area contributed by atoms with Gasteiger partial charge in [0.25, 0.3) is 0 Å². The third-order valence-corrected chi connectivity index (χ3v) is 4.01. The van der Waals surface area contributed by atoms with Gasteiger partial charge >= 0.3 is 0 Å². The summed E-state index contributed by atoms with van der Waals surface area (Å²) in [7, 11) is 0. The molecule has 0 aromatic rings. The molecule has 0 saturated heterocycles. The molecule has 1 fully saturated rings. The second kappa shape index (κ2) is 3.24. The summed E-state index contributed by atoms with van der Waals surface area (Å²) in [6.45, 7) is 4.77. The van der Waals surface area contributed by atoms with Gasteiger partial charge in [0.2, 0.25) is 0 Å². The molecule has 0 aromatic heterocycles. The summed E-state index contributed by atoms with van der Waals surface area (Å²) in [5.41, 5.74) is 0. The molecule has 0 nitrogen and oxygen atoms in total. The van der Waals surface area contributed by atoms with E-state index in [1.165, 1.54) is 25.7 Å². The number of hydrogen-bond donors (Lipinski definition) is 0. The van der Waals surface area contributed by atoms with Crippen molar-refractivity contribution in [2.75, 3.05) is 0 Å². The Balaban J connectivity index is 2.03. The van der Waals surface area contributed by atoms with Crippen LogP contribution in [-0.2, 0) is 0 Å². The Morgan fingerprint density at radius 1 is 1.42 bits per heavy atom. The van der Waals surface area contributed by atoms with Crippen LogP contribution in [-0.4, -0.2) is 0 Å². The highest BCUT2D eigenvalue weighted by Gasteiger charge is 2.36. The number of hydrogen-bond acceptors (Lipinski definition) is 0. The standard InChI is InChI=1S/C12H20/c1-3-9(2)12-8-10-5-4-6-11(12)7-10/h4-5,9-12H,3,6-8H2,1-2H3/t9?,10?,11?,12-/m1/s1. The maximum atomic E-state index is 2.46. The van der Waals surface area contributed by atoms with Crippen LogP contribution < -0.4 is 0 Å². The van der Waals surface area contributed by atoms with E-state index in [0.717, 1.165) is 23.7 Å². The molecule has 0 aromatic carbocycles. The maximum Gasteiger partial charge on any atom is -0.0228 e. The highest BCUT2D eigenvalue weighted by atomic mass is 14.4. The molecule has 2 aliphatic carbocycles. The third-order valence-electron chi connectivity index (χ3n) is 4.01. The quantitative estimate of drug-likeness (QED) is 0.547. The maximum absolute atomic E-state index is 2.46. The lowest BCUT2D eigenvalue weighted by Crippen LogP contribution is -2.15. The molecule has 0 N–H and O–H groups in total. The van der Waals surface area contributed by atoms with E-state index in [4.69, 9.17) is 0 Å². The van der Waals surface area contributed by atoms with Crippen molar-refractivity contribution in [3.05, 3.63) is 12.2 Å². The predicted molar refractivity (Wildman–Crippen MR) is 52.9 cm³/mol. The van der Waals surface area contributed by atoms with Crippen LogP contribution in [0.5, 0.6) is 0 Å². The van der Waals surface area contributed by atoms with Crippen molar-refractivity contribution < 1.29 is 0 Å². The molecule has 3 unspecified atom stereocenters. The van der Waals surface area contributed by atoms with Crippen molar-refractivity contribution in [2.45, 2.75) is 39.5 Å². The monoisotopic (exact) mass is 164 g/mol. The minimum Gasteiger partial charge on any atom is -0.0880 e. The minimum absolute atomic E-state index is 0.947. The Kier molecular flexibility index (Phi) is 2.25. The molecule has 12 heavy (non-hydrogen) atoms. The predicted octanol–water partition coefficient (Wildman–Crippen LogP) is 3.63. The lowest BCUT2D eigenvalue weighted by molar-refractivity contribution is 0.273. The Morgan fingerprint density at radius 2 is 2.25 bits per heavy atom. The largest absolute Gasteiger partial charge is 0.0880 e. The van der Waals surface area contributed by atoms with Crippen molar-refractivity contribution in [2.24, 2.45) is 23.7 Å². The van der Waals surface area contributed by atoms with Gasteiger partial charge in [-0.25, -0.2) is 0 Å². The fourth-order valence-corrected chi connectivity index (χ4v) is 3.08. The summed E-state index contributed by atoms with van der Waals surface area (Å²) in [5, 5.41) is 0. The summed E-state index contributed by atoms with van der Waals surface area (Å²) in [5.74, 6) is 3.98. The van der Waals surface area contributed by atoms with Gasteiger partial charge in [0.1, 0.15) is 0 Å². The normalized spacial score (nSPS) is 41.7. The van der Waals surface area contributed by atoms with Gasteiger partial charge in [-0.2, -0.15) is 0 Å². The molecule has 4 atom stereocenters. The first-order chi connectivity index (χ1) is 5.81. The van der Waals surface area contributed by atoms with E-state index in [1.807, 2.05) is 0 Å². The van der Waals surface area contributed by atoms with Crippen LogP contribution >= 0.6 is 0 Å². The third kappa shape index (κ3) is 1.32. The Morgan fingerprint density at radius 3 is 2.92 bits per heavy atom. The topological polar surface area (TPSA) is 0 Å². The van der Waals surface area contributed by atoms with Crippen LogP contribution in [0.2, 0.25) is 0 Å². The molecule has 0 aliphatic heterocycles. The summed E-state index contributed by atoms with van der Waals surface area (Å²) >= 11 is 0. The fourth-order valence-electron chi connectivity index (χ4n) is 3.08. The molecular weight excluding hydrogens is 144 g/mol. The Labute approximate surface area is 76.1 Å². The second-order valence-electron chi connectivity index (χ2n) is 4.70. The zero-order chi connectivity index (χ0) is 8.55. The summed E-state index contributed by atoms with van der Waals surface area (Å²) in [6.07, 6.45) is 10.6. The number of allylic oxidation sites excluding steroid dienone is 2. The van der Waals surface area contributed by atoms with E-state index in [9.17, 15) is 0 Å². The molecule has 0 radical (unpaired) electrons. The Bertz CT molecular complexity index is 180. The van der Waals surface area contributed by atoms with Crippen LogP contribution in [0.25, 0.3) is 0 Å². The van der Waals surface area contributed by atoms with Gasteiger partial charge in [0.15, 0.2) is 0 Å². The molecule has 2 rings (SSSR count). The van der Waals surface area contributed by atoms with Crippen molar-refractivity contribution >= 4 is 0 Å². The van der Waals surface area contributed by atoms with Gasteiger partial charge in [-0.15, -0.1) is 0 Å². The van der Waals surface area contributed by atoms with Crippen LogP contribution in [0.15, 0.2) is 12.2 Å². The van der Waals surface area contributed by atoms with Gasteiger partial charge < -0.3 is 0 Å². The summed E-state index contributed by atoms with van der Waals surface area (Å²) in [4.78, 5) is 0. The van der Waals surface area contributed by atoms with E-state index in [-0.39, 0.29) is 0 Å². The molecule has 2 aliphatic rings. The molecule has 0 heterocycles. The van der Waals surface area contributed by atoms with E-state index >= 15 is 0 Å². The lowest BCUT2D eigenvalue weighted by Gasteiger charge is -2.23. The molecule has 68 valence electrons. The molecule has 0 spiro atoms. The van der Waals surface area contributed by atoms with Crippen LogP contribution in [0, 0.1) is 23.7 Å². The van der Waals surface area contributed by atoms with E-state index < -0.39 is 0 Å². The van der Waals surface area contributed by atoms with Gasteiger partial charge in [0, 0.05) is 0 Å². The van der Waals surface area contributed by atoms with Crippen LogP contribution in [0.3, 0.4) is 0 Å². The zero-order valence-electron chi connectivity index (χ0n) is 8.29. The van der Waals surface area contributed by atoms with Gasteiger partial charge in [-0.3, -0.25) is 0 Å². The first kappa shape index (κ1) is 8.34. The first-order valence-electron chi connectivity index (χ1n) is 5.48. The van der Waals surface area contributed by atoms with Crippen LogP contribution in [0.4, 0.5) is 0 Å². The van der Waals surface area contributed by atoms with Gasteiger partial charge in [-0.1, -0.05) is 32.4 Å². The van der Waals surface area contributed by atoms with Crippen molar-refractivity contribution in [1.82, 2.24) is 0 Å². The van der Waals surface area contributed by atoms with E-state index in [1.54, 1.807) is 0 Å². The number of fused-ring (bicyclic) bond motifs is 2. The average molecular weight is 164 g/mol. The molecule has 0 amide bonds. The van der Waals surface area contributed by atoms with Gasteiger partial charge in [-0.05, 0) is 42.9 Å². The Hall–Kier alpha value is -0.260. The summed E-state index contributed by atoms with van der Waals surface area (Å²) in [6, 6.07) is 0. The molecule has 1 saturated carbocycles. The smallest absolute Gasteiger partial charge is 0.0228 e. The summed E-state index contributed by atoms with van der Waals surface area (Å²) < 4.78 is 0. The lowest BCUT2D eigenvalue weighted by atomic mass is 9.82. The second-order valence-corrected chi connectivity index (χ2v) is 4.70. The van der Waals surface area contributed by atoms with Crippen LogP contribution in [0.1, 0.15) is 39.5 Å². The van der Waals surface area contributed by atoms with Crippen molar-refractivity contribution in [3.8, 4) is 0 Å². The van der Waals surface area contributed by atoms with Gasteiger partial charge in [0.05, 0.1) is 0 Å². The average Bonchev–Trinajstić information content (AvgIpc) is 2.40. The van der Waals surface area contributed by atoms with Crippen molar-refractivity contribution in [1.29, 1.82) is 0 Å². The molecule has 0 heteroatoms. The SMILES string of the molecule is CCC(C)[C@H]1CC2C=CCC1C2. The highest BCUT2D eigenvalue weighted by Crippen LogP contribution is 2.46. The van der Waals surface area contributed by atoms with E-state index in [0.29, 0.717) is 0 Å². The molecule has 2 bridgehead atoms.